The maximum Gasteiger partial charge on any atom is 0.265 e. The highest BCUT2D eigenvalue weighted by atomic mass is 35.5. The lowest BCUT2D eigenvalue weighted by atomic mass is 9.71. The highest BCUT2D eigenvalue weighted by Crippen LogP contribution is 2.38. The first-order chi connectivity index (χ1) is 12.6. The molecule has 2 amide bonds. The third-order valence-electron chi connectivity index (χ3n) is 5.57. The highest BCUT2D eigenvalue weighted by Gasteiger charge is 2.32. The summed E-state index contributed by atoms with van der Waals surface area (Å²) in [7, 11) is 0. The van der Waals surface area contributed by atoms with Crippen molar-refractivity contribution in [1.82, 2.24) is 5.32 Å². The molecule has 1 saturated carbocycles. The van der Waals surface area contributed by atoms with Crippen molar-refractivity contribution < 1.29 is 14.3 Å². The Morgan fingerprint density at radius 1 is 1.22 bits per heavy atom. The molecule has 1 aliphatic heterocycles. The minimum Gasteiger partial charge on any atom is -0.482 e. The van der Waals surface area contributed by atoms with E-state index in [1.54, 1.807) is 4.90 Å². The maximum absolute atomic E-state index is 12.3. The average Bonchev–Trinajstić information content (AvgIpc) is 2.67. The van der Waals surface area contributed by atoms with Crippen LogP contribution < -0.4 is 20.7 Å². The summed E-state index contributed by atoms with van der Waals surface area (Å²) < 4.78 is 5.45. The summed E-state index contributed by atoms with van der Waals surface area (Å²) in [6.45, 7) is 1.79. The molecule has 27 heavy (non-hydrogen) atoms. The Hall–Kier alpha value is -1.79. The number of benzene rings is 1. The van der Waals surface area contributed by atoms with Gasteiger partial charge in [0.25, 0.3) is 5.91 Å². The zero-order valence-corrected chi connectivity index (χ0v) is 16.6. The van der Waals surface area contributed by atoms with Crippen LogP contribution in [0.25, 0.3) is 0 Å². The molecule has 0 spiro atoms. The molecule has 0 bridgehead atoms. The standard InChI is InChI=1S/C20H29N3O3.ClH/c21-15-20(9-4-1-5-10-20)13-18(24)22-11-6-12-23-16-7-2-3-8-17(16)26-14-19(23)25;/h2-3,7-8H,1,4-6,9-15,21H2,(H,22,24);1H. The van der Waals surface area contributed by atoms with Crippen LogP contribution in [0.5, 0.6) is 5.75 Å². The van der Waals surface area contributed by atoms with Gasteiger partial charge in [-0.25, -0.2) is 0 Å². The Labute approximate surface area is 167 Å². The molecule has 1 aromatic rings. The summed E-state index contributed by atoms with van der Waals surface area (Å²) in [6, 6.07) is 7.55. The van der Waals surface area contributed by atoms with Gasteiger partial charge in [-0.3, -0.25) is 9.59 Å². The predicted octanol–water partition coefficient (Wildman–Crippen LogP) is 2.64. The zero-order chi connectivity index (χ0) is 18.4. The van der Waals surface area contributed by atoms with Crippen LogP contribution in [-0.2, 0) is 9.59 Å². The van der Waals surface area contributed by atoms with E-state index in [4.69, 9.17) is 10.5 Å². The number of carbonyl (C=O) groups excluding carboxylic acids is 2. The Bertz CT molecular complexity index is 647. The lowest BCUT2D eigenvalue weighted by molar-refractivity contribution is -0.123. The van der Waals surface area contributed by atoms with Gasteiger partial charge >= 0.3 is 0 Å². The molecule has 0 radical (unpaired) electrons. The Kier molecular flexibility index (Phi) is 7.92. The molecule has 0 saturated heterocycles. The van der Waals surface area contributed by atoms with E-state index in [2.05, 4.69) is 5.32 Å². The maximum atomic E-state index is 12.3. The summed E-state index contributed by atoms with van der Waals surface area (Å²) in [6.07, 6.45) is 6.92. The second-order valence-electron chi connectivity index (χ2n) is 7.45. The first-order valence-corrected chi connectivity index (χ1v) is 9.62. The number of nitrogens with two attached hydrogens (primary N) is 1. The Balaban J connectivity index is 0.00000261. The fourth-order valence-corrected chi connectivity index (χ4v) is 4.02. The van der Waals surface area contributed by atoms with Crippen molar-refractivity contribution in [1.29, 1.82) is 0 Å². The fraction of sp³-hybridized carbons (Fsp3) is 0.600. The third kappa shape index (κ3) is 5.36. The van der Waals surface area contributed by atoms with E-state index in [1.165, 1.54) is 19.3 Å². The van der Waals surface area contributed by atoms with Crippen LogP contribution in [0.3, 0.4) is 0 Å². The van der Waals surface area contributed by atoms with Crippen LogP contribution in [0.4, 0.5) is 5.69 Å². The molecule has 0 aromatic heterocycles. The van der Waals surface area contributed by atoms with E-state index in [9.17, 15) is 9.59 Å². The smallest absolute Gasteiger partial charge is 0.265 e. The number of nitrogens with zero attached hydrogens (tertiary/aromatic N) is 1. The monoisotopic (exact) mass is 395 g/mol. The van der Waals surface area contributed by atoms with Crippen LogP contribution in [0, 0.1) is 5.41 Å². The number of hydrogen-bond donors (Lipinski definition) is 2. The Morgan fingerprint density at radius 2 is 1.96 bits per heavy atom. The van der Waals surface area contributed by atoms with Crippen LogP contribution in [0.15, 0.2) is 24.3 Å². The largest absolute Gasteiger partial charge is 0.482 e. The quantitative estimate of drug-likeness (QED) is 0.695. The van der Waals surface area contributed by atoms with Gasteiger partial charge in [-0.1, -0.05) is 31.4 Å². The van der Waals surface area contributed by atoms with Gasteiger partial charge in [0.2, 0.25) is 5.91 Å². The molecule has 2 aliphatic rings. The van der Waals surface area contributed by atoms with Crippen LogP contribution in [0.2, 0.25) is 0 Å². The lowest BCUT2D eigenvalue weighted by Crippen LogP contribution is -2.41. The summed E-state index contributed by atoms with van der Waals surface area (Å²) in [5, 5.41) is 3.00. The van der Waals surface area contributed by atoms with Crippen molar-refractivity contribution in [3.63, 3.8) is 0 Å². The number of ether oxygens (including phenoxy) is 1. The van der Waals surface area contributed by atoms with Crippen LogP contribution in [0.1, 0.15) is 44.9 Å². The van der Waals surface area contributed by atoms with Crippen molar-refractivity contribution in [3.05, 3.63) is 24.3 Å². The van der Waals surface area contributed by atoms with Crippen molar-refractivity contribution in [2.75, 3.05) is 31.1 Å². The van der Waals surface area contributed by atoms with E-state index >= 15 is 0 Å². The van der Waals surface area contributed by atoms with Crippen molar-refractivity contribution >= 4 is 29.9 Å². The SMILES string of the molecule is Cl.NCC1(CC(=O)NCCCN2C(=O)COc3ccccc32)CCCCC1. The van der Waals surface area contributed by atoms with E-state index in [-0.39, 0.29) is 36.2 Å². The van der Waals surface area contributed by atoms with Crippen LogP contribution in [-0.4, -0.2) is 38.1 Å². The fourth-order valence-electron chi connectivity index (χ4n) is 4.02. The molecule has 3 N–H and O–H groups in total. The van der Waals surface area contributed by atoms with E-state index < -0.39 is 0 Å². The number of carbonyl (C=O) groups is 2. The molecule has 1 fully saturated rings. The molecule has 7 heteroatoms. The summed E-state index contributed by atoms with van der Waals surface area (Å²) in [4.78, 5) is 26.2. The number of nitrogens with one attached hydrogen (secondary N) is 1. The minimum absolute atomic E-state index is 0. The molecule has 1 aromatic carbocycles. The van der Waals surface area contributed by atoms with E-state index in [0.29, 0.717) is 32.5 Å². The average molecular weight is 396 g/mol. The van der Waals surface area contributed by atoms with E-state index in [1.807, 2.05) is 24.3 Å². The van der Waals surface area contributed by atoms with Gasteiger partial charge in [0.05, 0.1) is 5.69 Å². The van der Waals surface area contributed by atoms with Gasteiger partial charge < -0.3 is 20.7 Å². The summed E-state index contributed by atoms with van der Waals surface area (Å²) in [5.74, 6) is 0.767. The topological polar surface area (TPSA) is 84.7 Å². The highest BCUT2D eigenvalue weighted by molar-refractivity contribution is 5.97. The Morgan fingerprint density at radius 3 is 2.70 bits per heavy atom. The predicted molar refractivity (Wildman–Crippen MR) is 108 cm³/mol. The van der Waals surface area contributed by atoms with Gasteiger partial charge in [0.1, 0.15) is 5.75 Å². The molecular weight excluding hydrogens is 366 g/mol. The normalized spacial score (nSPS) is 18.1. The van der Waals surface area contributed by atoms with Gasteiger partial charge in [-0.15, -0.1) is 12.4 Å². The second kappa shape index (κ2) is 9.95. The van der Waals surface area contributed by atoms with Gasteiger partial charge in [-0.05, 0) is 43.4 Å². The summed E-state index contributed by atoms with van der Waals surface area (Å²) >= 11 is 0. The molecule has 150 valence electrons. The van der Waals surface area contributed by atoms with Crippen molar-refractivity contribution in [2.24, 2.45) is 11.1 Å². The number of rotatable bonds is 7. The van der Waals surface area contributed by atoms with Gasteiger partial charge in [0, 0.05) is 19.5 Å². The van der Waals surface area contributed by atoms with Crippen LogP contribution >= 0.6 is 12.4 Å². The van der Waals surface area contributed by atoms with Crippen molar-refractivity contribution in [2.45, 2.75) is 44.9 Å². The number of para-hydroxylation sites is 2. The molecular formula is C20H30ClN3O3. The number of amides is 2. The number of hydrogen-bond acceptors (Lipinski definition) is 4. The molecule has 0 unspecified atom stereocenters. The van der Waals surface area contributed by atoms with Gasteiger partial charge in [0.15, 0.2) is 6.61 Å². The molecule has 0 atom stereocenters. The third-order valence-corrected chi connectivity index (χ3v) is 5.57. The first kappa shape index (κ1) is 21.5. The molecule has 6 nitrogen and oxygen atoms in total. The first-order valence-electron chi connectivity index (χ1n) is 9.62. The van der Waals surface area contributed by atoms with Crippen molar-refractivity contribution in [3.8, 4) is 5.75 Å². The molecule has 1 aliphatic carbocycles. The number of fused-ring (bicyclic) bond motifs is 1. The molecule has 1 heterocycles. The lowest BCUT2D eigenvalue weighted by Gasteiger charge is -2.35. The minimum atomic E-state index is -0.0423. The zero-order valence-electron chi connectivity index (χ0n) is 15.7. The molecule has 3 rings (SSSR count). The van der Waals surface area contributed by atoms with E-state index in [0.717, 1.165) is 24.3 Å². The number of anilines is 1. The summed E-state index contributed by atoms with van der Waals surface area (Å²) in [5.41, 5.74) is 6.76. The second-order valence-corrected chi connectivity index (χ2v) is 7.45. The van der Waals surface area contributed by atoms with Gasteiger partial charge in [-0.2, -0.15) is 0 Å². The number of halogens is 1.